The van der Waals surface area contributed by atoms with Crippen molar-refractivity contribution in [2.45, 2.75) is 53.6 Å². The van der Waals surface area contributed by atoms with Crippen molar-refractivity contribution in [3.8, 4) is 0 Å². The Balaban J connectivity index is 4.61. The molecule has 0 saturated heterocycles. The SMILES string of the molecule is CC[C@](O)(C(C)C)C(C)(C)C. The zero-order chi connectivity index (χ0) is 9.28. The molecule has 0 aromatic carbocycles. The molecule has 0 saturated carbocycles. The van der Waals surface area contributed by atoms with Crippen molar-refractivity contribution in [3.63, 3.8) is 0 Å². The first-order chi connectivity index (χ1) is 4.75. The molecule has 0 radical (unpaired) electrons. The second kappa shape index (κ2) is 3.14. The summed E-state index contributed by atoms with van der Waals surface area (Å²) < 4.78 is 0. The summed E-state index contributed by atoms with van der Waals surface area (Å²) in [5.74, 6) is 0.326. The van der Waals surface area contributed by atoms with Gasteiger partial charge in [0.05, 0.1) is 5.60 Å². The van der Waals surface area contributed by atoms with Crippen LogP contribution in [-0.4, -0.2) is 10.7 Å². The van der Waals surface area contributed by atoms with Gasteiger partial charge in [-0.2, -0.15) is 0 Å². The van der Waals surface area contributed by atoms with Gasteiger partial charge >= 0.3 is 0 Å². The highest BCUT2D eigenvalue weighted by molar-refractivity contribution is 4.91. The lowest BCUT2D eigenvalue weighted by Crippen LogP contribution is -2.46. The van der Waals surface area contributed by atoms with Gasteiger partial charge in [-0.25, -0.2) is 0 Å². The lowest BCUT2D eigenvalue weighted by molar-refractivity contribution is -0.0970. The third-order valence-electron chi connectivity index (χ3n) is 2.79. The van der Waals surface area contributed by atoms with Crippen LogP contribution >= 0.6 is 0 Å². The Morgan fingerprint density at radius 2 is 1.55 bits per heavy atom. The van der Waals surface area contributed by atoms with Gasteiger partial charge in [0.25, 0.3) is 0 Å². The molecule has 0 aromatic rings. The van der Waals surface area contributed by atoms with Crippen molar-refractivity contribution in [3.05, 3.63) is 0 Å². The fourth-order valence-electron chi connectivity index (χ4n) is 1.80. The van der Waals surface area contributed by atoms with E-state index < -0.39 is 5.60 Å². The first-order valence-corrected chi connectivity index (χ1v) is 4.48. The number of aliphatic hydroxyl groups is 1. The van der Waals surface area contributed by atoms with Crippen molar-refractivity contribution in [2.24, 2.45) is 11.3 Å². The van der Waals surface area contributed by atoms with Gasteiger partial charge in [-0.05, 0) is 17.8 Å². The van der Waals surface area contributed by atoms with Crippen LogP contribution in [-0.2, 0) is 0 Å². The van der Waals surface area contributed by atoms with Crippen LogP contribution in [0.4, 0.5) is 0 Å². The van der Waals surface area contributed by atoms with E-state index in [4.69, 9.17) is 0 Å². The maximum atomic E-state index is 10.2. The molecular weight excluding hydrogens is 136 g/mol. The Hall–Kier alpha value is -0.0400. The zero-order valence-corrected chi connectivity index (χ0v) is 8.73. The number of hydrogen-bond donors (Lipinski definition) is 1. The van der Waals surface area contributed by atoms with Gasteiger partial charge in [0.1, 0.15) is 0 Å². The molecule has 0 spiro atoms. The number of hydrogen-bond acceptors (Lipinski definition) is 1. The van der Waals surface area contributed by atoms with Crippen molar-refractivity contribution < 1.29 is 5.11 Å². The van der Waals surface area contributed by atoms with Gasteiger partial charge in [0, 0.05) is 0 Å². The van der Waals surface area contributed by atoms with Gasteiger partial charge < -0.3 is 5.11 Å². The molecule has 1 atom stereocenters. The quantitative estimate of drug-likeness (QED) is 0.655. The highest BCUT2D eigenvalue weighted by atomic mass is 16.3. The summed E-state index contributed by atoms with van der Waals surface area (Å²) in [6, 6.07) is 0. The first-order valence-electron chi connectivity index (χ1n) is 4.48. The van der Waals surface area contributed by atoms with Crippen LogP contribution in [0, 0.1) is 11.3 Å². The third kappa shape index (κ3) is 1.96. The normalized spacial score (nSPS) is 18.5. The highest BCUT2D eigenvalue weighted by Gasteiger charge is 2.40. The van der Waals surface area contributed by atoms with Gasteiger partial charge in [0.15, 0.2) is 0 Å². The summed E-state index contributed by atoms with van der Waals surface area (Å²) in [4.78, 5) is 0. The summed E-state index contributed by atoms with van der Waals surface area (Å²) in [7, 11) is 0. The minimum Gasteiger partial charge on any atom is -0.389 e. The summed E-state index contributed by atoms with van der Waals surface area (Å²) in [6.07, 6.45) is 0.828. The fourth-order valence-corrected chi connectivity index (χ4v) is 1.80. The van der Waals surface area contributed by atoms with E-state index in [1.54, 1.807) is 0 Å². The zero-order valence-electron chi connectivity index (χ0n) is 8.73. The van der Waals surface area contributed by atoms with E-state index in [9.17, 15) is 5.11 Å². The molecule has 0 amide bonds. The number of rotatable bonds is 2. The van der Waals surface area contributed by atoms with Crippen LogP contribution in [0.15, 0.2) is 0 Å². The molecule has 1 heteroatoms. The highest BCUT2D eigenvalue weighted by Crippen LogP contribution is 2.38. The van der Waals surface area contributed by atoms with Crippen LogP contribution in [0.1, 0.15) is 48.0 Å². The lowest BCUT2D eigenvalue weighted by atomic mass is 9.68. The van der Waals surface area contributed by atoms with E-state index in [0.717, 1.165) is 6.42 Å². The fraction of sp³-hybridized carbons (Fsp3) is 1.00. The average molecular weight is 158 g/mol. The smallest absolute Gasteiger partial charge is 0.0715 e. The van der Waals surface area contributed by atoms with Gasteiger partial charge in [-0.3, -0.25) is 0 Å². The Kier molecular flexibility index (Phi) is 3.13. The molecule has 0 bridgehead atoms. The van der Waals surface area contributed by atoms with E-state index in [1.807, 2.05) is 6.92 Å². The second-order valence-corrected chi connectivity index (χ2v) is 4.68. The van der Waals surface area contributed by atoms with Crippen molar-refractivity contribution >= 4 is 0 Å². The van der Waals surface area contributed by atoms with E-state index in [2.05, 4.69) is 34.6 Å². The summed E-state index contributed by atoms with van der Waals surface area (Å²) in [5, 5.41) is 10.2. The average Bonchev–Trinajstić information content (AvgIpc) is 1.83. The molecule has 0 fully saturated rings. The maximum absolute atomic E-state index is 10.2. The molecule has 0 unspecified atom stereocenters. The van der Waals surface area contributed by atoms with Crippen molar-refractivity contribution in [1.82, 2.24) is 0 Å². The second-order valence-electron chi connectivity index (χ2n) is 4.68. The molecule has 0 aliphatic carbocycles. The van der Waals surface area contributed by atoms with Gasteiger partial charge in [-0.15, -0.1) is 0 Å². The summed E-state index contributed by atoms with van der Waals surface area (Å²) in [6.45, 7) is 12.5. The summed E-state index contributed by atoms with van der Waals surface area (Å²) in [5.41, 5.74) is -0.539. The molecule has 1 N–H and O–H groups in total. The van der Waals surface area contributed by atoms with Crippen LogP contribution in [0.3, 0.4) is 0 Å². The molecule has 68 valence electrons. The van der Waals surface area contributed by atoms with Gasteiger partial charge in [0.2, 0.25) is 0 Å². The standard InChI is InChI=1S/C10H22O/c1-7-10(11,8(2)3)9(4,5)6/h8,11H,7H2,1-6H3/t10-/m0/s1. The molecule has 11 heavy (non-hydrogen) atoms. The first kappa shape index (κ1) is 11.0. The molecule has 0 rings (SSSR count). The van der Waals surface area contributed by atoms with Crippen LogP contribution in [0.25, 0.3) is 0 Å². The minimum atomic E-state index is -0.521. The largest absolute Gasteiger partial charge is 0.389 e. The Bertz CT molecular complexity index is 121. The Morgan fingerprint density at radius 3 is 1.55 bits per heavy atom. The predicted molar refractivity (Wildman–Crippen MR) is 49.5 cm³/mol. The van der Waals surface area contributed by atoms with E-state index >= 15 is 0 Å². The molecule has 0 heterocycles. The minimum absolute atomic E-state index is 0.0179. The lowest BCUT2D eigenvalue weighted by Gasteiger charge is -2.43. The van der Waals surface area contributed by atoms with Crippen molar-refractivity contribution in [2.75, 3.05) is 0 Å². The van der Waals surface area contributed by atoms with E-state index in [1.165, 1.54) is 0 Å². The Labute approximate surface area is 70.8 Å². The molecule has 0 aliphatic rings. The predicted octanol–water partition coefficient (Wildman–Crippen LogP) is 2.83. The summed E-state index contributed by atoms with van der Waals surface area (Å²) >= 11 is 0. The third-order valence-corrected chi connectivity index (χ3v) is 2.79. The molecule has 1 nitrogen and oxygen atoms in total. The van der Waals surface area contributed by atoms with Crippen LogP contribution in [0.2, 0.25) is 0 Å². The van der Waals surface area contributed by atoms with E-state index in [0.29, 0.717) is 5.92 Å². The van der Waals surface area contributed by atoms with Crippen molar-refractivity contribution in [1.29, 1.82) is 0 Å². The van der Waals surface area contributed by atoms with Gasteiger partial charge in [-0.1, -0.05) is 41.5 Å². The molecular formula is C10H22O. The molecule has 0 aromatic heterocycles. The monoisotopic (exact) mass is 158 g/mol. The topological polar surface area (TPSA) is 20.2 Å². The van der Waals surface area contributed by atoms with Crippen LogP contribution < -0.4 is 0 Å². The maximum Gasteiger partial charge on any atom is 0.0715 e. The Morgan fingerprint density at radius 1 is 1.18 bits per heavy atom. The van der Waals surface area contributed by atoms with E-state index in [-0.39, 0.29) is 5.41 Å². The molecule has 0 aliphatic heterocycles. The van der Waals surface area contributed by atoms with Crippen LogP contribution in [0.5, 0.6) is 0 Å².